The highest BCUT2D eigenvalue weighted by atomic mass is 16.7. The molecule has 0 saturated carbocycles. The summed E-state index contributed by atoms with van der Waals surface area (Å²) >= 11 is 0. The highest BCUT2D eigenvalue weighted by molar-refractivity contribution is 6.02. The molecule has 0 bridgehead atoms. The molecule has 0 spiro atoms. The number of imidazole rings is 1. The van der Waals surface area contributed by atoms with E-state index in [2.05, 4.69) is 37.2 Å². The molecule has 0 amide bonds. The van der Waals surface area contributed by atoms with Gasteiger partial charge in [0.1, 0.15) is 6.61 Å². The second-order valence-electron chi connectivity index (χ2n) is 11.6. The Hall–Kier alpha value is -5.89. The number of para-hydroxylation sites is 1. The predicted octanol–water partition coefficient (Wildman–Crippen LogP) is 5.04. The van der Waals surface area contributed by atoms with Crippen molar-refractivity contribution >= 4 is 23.0 Å². The van der Waals surface area contributed by atoms with Crippen molar-refractivity contribution < 1.29 is 33.1 Å². The summed E-state index contributed by atoms with van der Waals surface area (Å²) in [6, 6.07) is 13.2. The average Bonchev–Trinajstić information content (AvgIpc) is 3.70. The van der Waals surface area contributed by atoms with Crippen LogP contribution in [-0.2, 0) is 32.2 Å². The van der Waals surface area contributed by atoms with Gasteiger partial charge in [-0.25, -0.2) is 14.4 Å². The maximum Gasteiger partial charge on any atom is 0.439 e. The minimum absolute atomic E-state index is 0.0317. The Kier molecular flexibility index (Phi) is 10.3. The van der Waals surface area contributed by atoms with Gasteiger partial charge in [-0.3, -0.25) is 24.0 Å². The van der Waals surface area contributed by atoms with E-state index in [1.165, 1.54) is 0 Å². The summed E-state index contributed by atoms with van der Waals surface area (Å²) in [5.41, 5.74) is 7.05. The van der Waals surface area contributed by atoms with Crippen molar-refractivity contribution in [3.8, 4) is 17.4 Å². The number of aromatic nitrogens is 6. The quantitative estimate of drug-likeness (QED) is 0.130. The van der Waals surface area contributed by atoms with Crippen LogP contribution in [0.3, 0.4) is 0 Å². The average molecular weight is 681 g/mol. The maximum atomic E-state index is 13.3. The van der Waals surface area contributed by atoms with E-state index in [1.54, 1.807) is 18.2 Å². The molecule has 50 heavy (non-hydrogen) atoms. The van der Waals surface area contributed by atoms with Gasteiger partial charge in [-0.2, -0.15) is 4.98 Å². The number of aryl methyl sites for hydroxylation is 3. The van der Waals surface area contributed by atoms with Crippen molar-refractivity contribution in [1.82, 2.24) is 29.7 Å². The van der Waals surface area contributed by atoms with Gasteiger partial charge in [0, 0.05) is 11.5 Å². The van der Waals surface area contributed by atoms with Crippen LogP contribution in [0.25, 0.3) is 22.4 Å². The number of nitrogens with zero attached hydrogens (tertiary/aromatic N) is 5. The highest BCUT2D eigenvalue weighted by Gasteiger charge is 2.23. The Morgan fingerprint density at radius 3 is 2.58 bits per heavy atom. The number of carbonyl (C=O) groups excluding carboxylic acids is 2. The van der Waals surface area contributed by atoms with E-state index < -0.39 is 24.5 Å². The third kappa shape index (κ3) is 7.55. The largest absolute Gasteiger partial charge is 0.465 e. The molecule has 0 aliphatic heterocycles. The van der Waals surface area contributed by atoms with Gasteiger partial charge < -0.3 is 18.9 Å². The van der Waals surface area contributed by atoms with E-state index in [9.17, 15) is 14.4 Å². The van der Waals surface area contributed by atoms with Gasteiger partial charge in [-0.05, 0) is 57.4 Å². The molecular weight excluding hydrogens is 644 g/mol. The second kappa shape index (κ2) is 15.1. The van der Waals surface area contributed by atoms with E-state index in [0.29, 0.717) is 48.1 Å². The SMILES string of the molecule is CCOc1nc2cccc(C(=O)OCOC(=O)COCc3nc(C)c(C)nc3C)c2n1CC1=CCC(c2ccccc2-c2noc(=O)[nH]2)C=C1. The van der Waals surface area contributed by atoms with Crippen molar-refractivity contribution in [3.05, 3.63) is 111 Å². The van der Waals surface area contributed by atoms with Crippen LogP contribution in [0.15, 0.2) is 75.6 Å². The van der Waals surface area contributed by atoms with Crippen LogP contribution in [0.5, 0.6) is 6.01 Å². The topological polar surface area (TPSA) is 174 Å². The standard InChI is InChI=1S/C36H36N6O8/c1-5-47-35-39-29-12-8-11-28(34(44)49-20-48-31(43)19-46-18-30-23(4)37-21(2)22(3)38-30)32(29)42(35)17-24-13-15-25(16-14-24)26-9-6-7-10-27(26)33-40-36(45)50-41-33/h6-15,25H,5,16-20H2,1-4H3,(H,40,41,45). The zero-order valence-electron chi connectivity index (χ0n) is 28.1. The lowest BCUT2D eigenvalue weighted by atomic mass is 9.87. The molecule has 2 aromatic carbocycles. The molecule has 3 aromatic heterocycles. The van der Waals surface area contributed by atoms with Crippen molar-refractivity contribution in [3.63, 3.8) is 0 Å². The summed E-state index contributed by atoms with van der Waals surface area (Å²) in [6.45, 7) is 7.31. The molecule has 0 radical (unpaired) electrons. The molecule has 0 fully saturated rings. The second-order valence-corrected chi connectivity index (χ2v) is 11.6. The maximum absolute atomic E-state index is 13.3. The number of allylic oxidation sites excluding steroid dienone is 4. The Morgan fingerprint density at radius 1 is 1.00 bits per heavy atom. The molecule has 14 nitrogen and oxygen atoms in total. The number of ether oxygens (including phenoxy) is 4. The van der Waals surface area contributed by atoms with Gasteiger partial charge in [0.25, 0.3) is 6.01 Å². The number of esters is 2. The summed E-state index contributed by atoms with van der Waals surface area (Å²) in [5, 5.41) is 3.86. The Morgan fingerprint density at radius 2 is 1.82 bits per heavy atom. The van der Waals surface area contributed by atoms with Crippen LogP contribution in [0.4, 0.5) is 0 Å². The van der Waals surface area contributed by atoms with Gasteiger partial charge in [-0.15, -0.1) is 0 Å². The lowest BCUT2D eigenvalue weighted by molar-refractivity contribution is -0.157. The minimum Gasteiger partial charge on any atom is -0.465 e. The first kappa shape index (κ1) is 34.0. The third-order valence-corrected chi connectivity index (χ3v) is 8.25. The van der Waals surface area contributed by atoms with Crippen LogP contribution < -0.4 is 10.5 Å². The van der Waals surface area contributed by atoms with Crippen LogP contribution >= 0.6 is 0 Å². The lowest BCUT2D eigenvalue weighted by Crippen LogP contribution is -2.18. The predicted molar refractivity (Wildman–Crippen MR) is 180 cm³/mol. The van der Waals surface area contributed by atoms with E-state index in [4.69, 9.17) is 23.5 Å². The van der Waals surface area contributed by atoms with Gasteiger partial charge in [-0.1, -0.05) is 53.7 Å². The van der Waals surface area contributed by atoms with E-state index in [0.717, 1.165) is 33.8 Å². The van der Waals surface area contributed by atoms with Crippen molar-refractivity contribution in [2.75, 3.05) is 20.0 Å². The van der Waals surface area contributed by atoms with Crippen molar-refractivity contribution in [1.29, 1.82) is 0 Å². The fraction of sp³-hybridized carbons (Fsp3) is 0.306. The normalized spacial score (nSPS) is 14.1. The number of hydrogen-bond donors (Lipinski definition) is 1. The summed E-state index contributed by atoms with van der Waals surface area (Å²) < 4.78 is 28.3. The zero-order valence-corrected chi connectivity index (χ0v) is 28.1. The zero-order chi connectivity index (χ0) is 35.2. The van der Waals surface area contributed by atoms with Crippen LogP contribution in [0, 0.1) is 20.8 Å². The molecule has 0 saturated heterocycles. The molecule has 258 valence electrons. The number of aromatic amines is 1. The summed E-state index contributed by atoms with van der Waals surface area (Å²) in [6.07, 6.45) is 6.91. The molecule has 1 N–H and O–H groups in total. The van der Waals surface area contributed by atoms with Crippen LogP contribution in [-0.4, -0.2) is 61.6 Å². The number of nitrogens with one attached hydrogen (secondary N) is 1. The number of fused-ring (bicyclic) bond motifs is 1. The van der Waals surface area contributed by atoms with Gasteiger partial charge in [0.05, 0.1) is 59.1 Å². The van der Waals surface area contributed by atoms with E-state index >= 15 is 0 Å². The molecule has 1 atom stereocenters. The van der Waals surface area contributed by atoms with Crippen molar-refractivity contribution in [2.24, 2.45) is 0 Å². The third-order valence-electron chi connectivity index (χ3n) is 8.25. The Balaban J connectivity index is 1.11. The van der Waals surface area contributed by atoms with Crippen LogP contribution in [0.1, 0.15) is 58.0 Å². The lowest BCUT2D eigenvalue weighted by Gasteiger charge is -2.20. The number of benzene rings is 2. The molecule has 5 aromatic rings. The van der Waals surface area contributed by atoms with Gasteiger partial charge >= 0.3 is 17.7 Å². The summed E-state index contributed by atoms with van der Waals surface area (Å²) in [4.78, 5) is 53.3. The monoisotopic (exact) mass is 680 g/mol. The molecule has 1 unspecified atom stereocenters. The van der Waals surface area contributed by atoms with Gasteiger partial charge in [0.2, 0.25) is 6.79 Å². The Labute approximate surface area is 286 Å². The smallest absolute Gasteiger partial charge is 0.439 e. The first-order valence-electron chi connectivity index (χ1n) is 16.1. The molecule has 14 heteroatoms. The van der Waals surface area contributed by atoms with Crippen LogP contribution in [0.2, 0.25) is 0 Å². The fourth-order valence-corrected chi connectivity index (χ4v) is 5.69. The number of rotatable bonds is 13. The number of H-pyrrole nitrogens is 1. The van der Waals surface area contributed by atoms with E-state index in [1.807, 2.05) is 62.6 Å². The molecule has 1 aliphatic carbocycles. The minimum atomic E-state index is -0.694. The highest BCUT2D eigenvalue weighted by Crippen LogP contribution is 2.34. The molecule has 6 rings (SSSR count). The van der Waals surface area contributed by atoms with E-state index in [-0.39, 0.29) is 24.7 Å². The molecule has 3 heterocycles. The van der Waals surface area contributed by atoms with Gasteiger partial charge in [0.15, 0.2) is 5.82 Å². The fourth-order valence-electron chi connectivity index (χ4n) is 5.69. The summed E-state index contributed by atoms with van der Waals surface area (Å²) in [7, 11) is 0. The molecular formula is C36H36N6O8. The first-order chi connectivity index (χ1) is 24.2. The number of hydrogen-bond acceptors (Lipinski definition) is 12. The summed E-state index contributed by atoms with van der Waals surface area (Å²) in [5.74, 6) is -1.59. The number of carbonyl (C=O) groups is 2. The first-order valence-corrected chi connectivity index (χ1v) is 16.1. The Bertz CT molecular complexity index is 2160. The van der Waals surface area contributed by atoms with Crippen molar-refractivity contribution in [2.45, 2.75) is 53.2 Å². The molecule has 1 aliphatic rings.